The van der Waals surface area contributed by atoms with Gasteiger partial charge in [0, 0.05) is 6.61 Å². The molecule has 4 aliphatic carbocycles. The Morgan fingerprint density at radius 2 is 1.45 bits per heavy atom. The molecule has 0 bridgehead atoms. The fourth-order valence-electron chi connectivity index (χ4n) is 12.7. The summed E-state index contributed by atoms with van der Waals surface area (Å²) in [6, 6.07) is 0. The number of hydrogen-bond acceptors (Lipinski definition) is 4. The quantitative estimate of drug-likeness (QED) is 0.0428. The second-order valence-electron chi connectivity index (χ2n) is 21.2. The Morgan fingerprint density at radius 3 is 2.14 bits per heavy atom. The van der Waals surface area contributed by atoms with Crippen LogP contribution in [0.1, 0.15) is 216 Å². The van der Waals surface area contributed by atoms with Crippen molar-refractivity contribution in [2.45, 2.75) is 241 Å². The van der Waals surface area contributed by atoms with E-state index in [1.54, 1.807) is 5.57 Å². The summed E-state index contributed by atoms with van der Waals surface area (Å²) in [5.74, 6) is 5.30. The van der Waals surface area contributed by atoms with Gasteiger partial charge in [0.2, 0.25) is 0 Å². The van der Waals surface area contributed by atoms with Crippen LogP contribution in [-0.4, -0.2) is 50.3 Å². The molecule has 4 nitrogen and oxygen atoms in total. The molecule has 3 saturated carbocycles. The zero-order valence-corrected chi connectivity index (χ0v) is 40.2. The van der Waals surface area contributed by atoms with E-state index in [1.807, 2.05) is 0 Å². The zero-order valence-electron chi connectivity index (χ0n) is 40.2. The van der Waals surface area contributed by atoms with E-state index in [0.29, 0.717) is 10.8 Å². The normalized spacial score (nSPS) is 30.8. The molecule has 0 radical (unpaired) electrons. The maximum Gasteiger partial charge on any atom is 0.158 e. The summed E-state index contributed by atoms with van der Waals surface area (Å²) in [6.07, 6.45) is 44.2. The van der Waals surface area contributed by atoms with Crippen LogP contribution in [0.25, 0.3) is 0 Å². The number of ether oxygens (including phenoxy) is 3. The van der Waals surface area contributed by atoms with Crippen molar-refractivity contribution in [1.29, 1.82) is 0 Å². The highest BCUT2D eigenvalue weighted by Crippen LogP contribution is 2.67. The van der Waals surface area contributed by atoms with E-state index in [9.17, 15) is 0 Å². The molecule has 0 aromatic carbocycles. The third-order valence-electron chi connectivity index (χ3n) is 16.0. The summed E-state index contributed by atoms with van der Waals surface area (Å²) >= 11 is 0. The molecule has 0 aromatic heterocycles. The van der Waals surface area contributed by atoms with Crippen molar-refractivity contribution in [2.24, 2.45) is 46.3 Å². The van der Waals surface area contributed by atoms with Crippen molar-refractivity contribution in [1.82, 2.24) is 4.90 Å². The van der Waals surface area contributed by atoms with Gasteiger partial charge in [0.1, 0.15) is 6.23 Å². The molecule has 0 aromatic rings. The predicted octanol–water partition coefficient (Wildman–Crippen LogP) is 15.7. The van der Waals surface area contributed by atoms with Gasteiger partial charge < -0.3 is 14.2 Å². The van der Waals surface area contributed by atoms with E-state index in [1.165, 1.54) is 122 Å². The van der Waals surface area contributed by atoms with Crippen LogP contribution in [0.5, 0.6) is 0 Å². The molecule has 11 atom stereocenters. The van der Waals surface area contributed by atoms with Gasteiger partial charge in [0.25, 0.3) is 0 Å². The maximum atomic E-state index is 6.93. The summed E-state index contributed by atoms with van der Waals surface area (Å²) in [5.41, 5.74) is 2.63. The first kappa shape index (κ1) is 49.7. The summed E-state index contributed by atoms with van der Waals surface area (Å²) in [4.78, 5) is 2.19. The molecular formula is C54H97NO3. The van der Waals surface area contributed by atoms with E-state index in [-0.39, 0.29) is 24.7 Å². The van der Waals surface area contributed by atoms with Crippen LogP contribution in [-0.2, 0) is 14.2 Å². The van der Waals surface area contributed by atoms with Crippen LogP contribution in [0.2, 0.25) is 0 Å². The molecule has 3 fully saturated rings. The van der Waals surface area contributed by atoms with Gasteiger partial charge in [-0.3, -0.25) is 4.90 Å². The fraction of sp³-hybridized carbons (Fsp3) is 0.889. The van der Waals surface area contributed by atoms with Crippen LogP contribution < -0.4 is 0 Å². The van der Waals surface area contributed by atoms with E-state index in [0.717, 1.165) is 80.6 Å². The third kappa shape index (κ3) is 14.6. The van der Waals surface area contributed by atoms with E-state index in [2.05, 4.69) is 105 Å². The number of nitrogens with zero attached hydrogens (tertiary/aromatic N) is 1. The standard InChI is InChI=1S/C54H97NO3/c1-11-13-14-15-16-17-18-19-20-21-22-23-24-25-26-27-40-56-52(55(9)10)44(6)57-51(29-12-2)58-46-36-38-53(7)45(41-46)32-33-47-49-35-34-48(43(5)31-28-30-42(3)4)54(49,8)39-37-50(47)53/h16-17,19-20,32,42-44,46-52H,11-15,18,21-31,33-41H2,1-10H3/b17-16-,20-19-/t43-,44?,46?,47?,48-,49?,50?,51?,52?,53+,54-/m1/s1. The average molecular weight is 808 g/mol. The van der Waals surface area contributed by atoms with Crippen molar-refractivity contribution >= 4 is 0 Å². The molecule has 4 aliphatic rings. The lowest BCUT2D eigenvalue weighted by Crippen LogP contribution is -2.51. The van der Waals surface area contributed by atoms with Gasteiger partial charge in [0.15, 0.2) is 6.29 Å². The molecule has 0 amide bonds. The molecule has 0 aliphatic heterocycles. The van der Waals surface area contributed by atoms with Crippen LogP contribution in [0.3, 0.4) is 0 Å². The first-order valence-corrected chi connectivity index (χ1v) is 25.5. The second kappa shape index (κ2) is 25.9. The van der Waals surface area contributed by atoms with Crippen molar-refractivity contribution in [3.05, 3.63) is 36.0 Å². The Morgan fingerprint density at radius 1 is 0.741 bits per heavy atom. The molecule has 4 rings (SSSR count). The van der Waals surface area contributed by atoms with E-state index in [4.69, 9.17) is 14.2 Å². The zero-order chi connectivity index (χ0) is 42.0. The fourth-order valence-corrected chi connectivity index (χ4v) is 12.7. The Labute approximate surface area is 361 Å². The van der Waals surface area contributed by atoms with Gasteiger partial charge in [-0.15, -0.1) is 0 Å². The van der Waals surface area contributed by atoms with Gasteiger partial charge in [-0.1, -0.05) is 149 Å². The maximum absolute atomic E-state index is 6.93. The minimum absolute atomic E-state index is 0.0515. The van der Waals surface area contributed by atoms with E-state index >= 15 is 0 Å². The lowest BCUT2D eigenvalue weighted by atomic mass is 9.47. The lowest BCUT2D eigenvalue weighted by Gasteiger charge is -2.58. The Kier molecular flexibility index (Phi) is 22.2. The van der Waals surface area contributed by atoms with Gasteiger partial charge in [-0.05, 0) is 164 Å². The van der Waals surface area contributed by atoms with Crippen molar-refractivity contribution in [3.8, 4) is 0 Å². The molecule has 58 heavy (non-hydrogen) atoms. The molecule has 4 heteroatoms. The third-order valence-corrected chi connectivity index (χ3v) is 16.0. The molecule has 0 saturated heterocycles. The number of rotatable bonds is 29. The largest absolute Gasteiger partial charge is 0.360 e. The summed E-state index contributed by atoms with van der Waals surface area (Å²) in [6.45, 7) is 20.3. The predicted molar refractivity (Wildman–Crippen MR) is 250 cm³/mol. The first-order chi connectivity index (χ1) is 27.9. The topological polar surface area (TPSA) is 30.9 Å². The highest BCUT2D eigenvalue weighted by atomic mass is 16.7. The van der Waals surface area contributed by atoms with Crippen molar-refractivity contribution in [2.75, 3.05) is 20.7 Å². The van der Waals surface area contributed by atoms with Gasteiger partial charge in [-0.25, -0.2) is 0 Å². The van der Waals surface area contributed by atoms with Gasteiger partial charge >= 0.3 is 0 Å². The molecule has 7 unspecified atom stereocenters. The second-order valence-corrected chi connectivity index (χ2v) is 21.2. The number of likely N-dealkylation sites (N-methyl/N-ethyl adjacent to an activating group) is 1. The molecule has 336 valence electrons. The monoisotopic (exact) mass is 808 g/mol. The molecule has 0 heterocycles. The van der Waals surface area contributed by atoms with E-state index < -0.39 is 0 Å². The lowest BCUT2D eigenvalue weighted by molar-refractivity contribution is -0.234. The van der Waals surface area contributed by atoms with Crippen LogP contribution in [0.15, 0.2) is 36.0 Å². The van der Waals surface area contributed by atoms with Crippen LogP contribution in [0, 0.1) is 46.3 Å². The molecule has 0 N–H and O–H groups in total. The number of hydrogen-bond donors (Lipinski definition) is 0. The smallest absolute Gasteiger partial charge is 0.158 e. The highest BCUT2D eigenvalue weighted by molar-refractivity contribution is 5.25. The average Bonchev–Trinajstić information content (AvgIpc) is 3.54. The first-order valence-electron chi connectivity index (χ1n) is 25.5. The highest BCUT2D eigenvalue weighted by Gasteiger charge is 2.59. The number of unbranched alkanes of at least 4 members (excludes halogenated alkanes) is 9. The Balaban J connectivity index is 1.17. The Hall–Kier alpha value is -0.940. The minimum atomic E-state index is -0.174. The molecule has 0 spiro atoms. The van der Waals surface area contributed by atoms with Gasteiger partial charge in [-0.2, -0.15) is 0 Å². The number of fused-ring (bicyclic) bond motifs is 5. The summed E-state index contributed by atoms with van der Waals surface area (Å²) in [7, 11) is 4.24. The van der Waals surface area contributed by atoms with Crippen LogP contribution >= 0.6 is 0 Å². The van der Waals surface area contributed by atoms with Crippen molar-refractivity contribution < 1.29 is 14.2 Å². The molecular weight excluding hydrogens is 711 g/mol. The minimum Gasteiger partial charge on any atom is -0.360 e. The Bertz CT molecular complexity index is 1210. The van der Waals surface area contributed by atoms with Crippen molar-refractivity contribution in [3.63, 3.8) is 0 Å². The SMILES string of the molecule is CCCCC/C=C\C/C=C\CCCCCCCCOC(C(C)OC(CCC)OC1CC[C@@]2(C)C(=CCC3C2CC[C@@]2(C)C3CC[C@@H]2[C@H](C)CCCC(C)C)C1)N(C)C. The van der Waals surface area contributed by atoms with Gasteiger partial charge in [0.05, 0.1) is 12.2 Å². The number of allylic oxidation sites excluding steroid dienone is 5. The van der Waals surface area contributed by atoms with Crippen LogP contribution in [0.4, 0.5) is 0 Å². The summed E-state index contributed by atoms with van der Waals surface area (Å²) in [5, 5.41) is 0. The summed E-state index contributed by atoms with van der Waals surface area (Å²) < 4.78 is 20.2.